The molecule has 1 unspecified atom stereocenters. The van der Waals surface area contributed by atoms with E-state index in [1.165, 1.54) is 6.33 Å². The maximum Gasteiger partial charge on any atom is 0.253 e. The number of nitrogens with one attached hydrogen (secondary N) is 1. The van der Waals surface area contributed by atoms with Crippen molar-refractivity contribution in [3.8, 4) is 5.69 Å². The van der Waals surface area contributed by atoms with E-state index in [0.29, 0.717) is 11.6 Å². The minimum absolute atomic E-state index is 0.0805. The summed E-state index contributed by atoms with van der Waals surface area (Å²) in [5, 5.41) is 7.35. The standard InChI is InChI=1S/C15H19N5O/c1-16-13-5-3-7-19(9-13)15(21)12-4-2-6-14(8-12)20-11-17-10-18-20/h2,4,6,8,10-11,13,16H,3,5,7,9H2,1H3. The molecule has 0 spiro atoms. The first-order valence-electron chi connectivity index (χ1n) is 7.19. The van der Waals surface area contributed by atoms with Gasteiger partial charge in [-0.25, -0.2) is 9.67 Å². The number of aromatic nitrogens is 3. The first-order valence-corrected chi connectivity index (χ1v) is 7.19. The molecule has 1 aliphatic rings. The maximum atomic E-state index is 12.6. The minimum Gasteiger partial charge on any atom is -0.337 e. The van der Waals surface area contributed by atoms with Gasteiger partial charge in [0.25, 0.3) is 5.91 Å². The summed E-state index contributed by atoms with van der Waals surface area (Å²) in [4.78, 5) is 18.5. The molecule has 1 fully saturated rings. The van der Waals surface area contributed by atoms with Crippen LogP contribution in [0, 0.1) is 0 Å². The molecule has 2 aromatic rings. The molecule has 6 nitrogen and oxygen atoms in total. The van der Waals surface area contributed by atoms with Crippen molar-refractivity contribution in [2.75, 3.05) is 20.1 Å². The van der Waals surface area contributed by atoms with Gasteiger partial charge in [-0.3, -0.25) is 4.79 Å². The van der Waals surface area contributed by atoms with E-state index < -0.39 is 0 Å². The Bertz CT molecular complexity index is 610. The topological polar surface area (TPSA) is 63.1 Å². The van der Waals surface area contributed by atoms with Crippen LogP contribution in [0.3, 0.4) is 0 Å². The highest BCUT2D eigenvalue weighted by atomic mass is 16.2. The van der Waals surface area contributed by atoms with Gasteiger partial charge in [-0.2, -0.15) is 5.10 Å². The number of carbonyl (C=O) groups is 1. The van der Waals surface area contributed by atoms with Gasteiger partial charge in [0.05, 0.1) is 5.69 Å². The summed E-state index contributed by atoms with van der Waals surface area (Å²) in [5.41, 5.74) is 1.54. The van der Waals surface area contributed by atoms with Gasteiger partial charge in [-0.15, -0.1) is 0 Å². The molecule has 1 aliphatic heterocycles. The lowest BCUT2D eigenvalue weighted by molar-refractivity contribution is 0.0698. The summed E-state index contributed by atoms with van der Waals surface area (Å²) in [6.45, 7) is 1.59. The fraction of sp³-hybridized carbons (Fsp3) is 0.400. The highest BCUT2D eigenvalue weighted by Crippen LogP contribution is 2.16. The second-order valence-electron chi connectivity index (χ2n) is 5.27. The summed E-state index contributed by atoms with van der Waals surface area (Å²) in [7, 11) is 1.95. The second-order valence-corrected chi connectivity index (χ2v) is 5.27. The molecule has 0 saturated carbocycles. The highest BCUT2D eigenvalue weighted by molar-refractivity contribution is 5.94. The number of amides is 1. The third-order valence-electron chi connectivity index (χ3n) is 3.89. The predicted molar refractivity (Wildman–Crippen MR) is 79.3 cm³/mol. The van der Waals surface area contributed by atoms with E-state index in [1.54, 1.807) is 11.0 Å². The molecule has 21 heavy (non-hydrogen) atoms. The molecule has 2 heterocycles. The van der Waals surface area contributed by atoms with Crippen molar-refractivity contribution in [2.45, 2.75) is 18.9 Å². The Morgan fingerprint density at radius 1 is 1.43 bits per heavy atom. The van der Waals surface area contributed by atoms with Crippen LogP contribution in [0.25, 0.3) is 5.69 Å². The number of hydrogen-bond donors (Lipinski definition) is 1. The summed E-state index contributed by atoms with van der Waals surface area (Å²) < 4.78 is 1.66. The number of nitrogens with zero attached hydrogens (tertiary/aromatic N) is 4. The second kappa shape index (κ2) is 6.05. The van der Waals surface area contributed by atoms with Gasteiger partial charge in [0.15, 0.2) is 0 Å². The number of benzene rings is 1. The molecule has 6 heteroatoms. The van der Waals surface area contributed by atoms with Gasteiger partial charge in [-0.05, 0) is 38.1 Å². The molecule has 0 aliphatic carbocycles. The number of likely N-dealkylation sites (tertiary alicyclic amines) is 1. The molecule has 1 N–H and O–H groups in total. The Kier molecular flexibility index (Phi) is 3.96. The van der Waals surface area contributed by atoms with Crippen LogP contribution in [0.15, 0.2) is 36.9 Å². The minimum atomic E-state index is 0.0805. The zero-order chi connectivity index (χ0) is 14.7. The molecule has 1 aromatic carbocycles. The Hall–Kier alpha value is -2.21. The van der Waals surface area contributed by atoms with Crippen LogP contribution in [-0.2, 0) is 0 Å². The van der Waals surface area contributed by atoms with Crippen molar-refractivity contribution in [3.05, 3.63) is 42.5 Å². The van der Waals surface area contributed by atoms with Gasteiger partial charge < -0.3 is 10.2 Å². The predicted octanol–water partition coefficient (Wildman–Crippen LogP) is 1.09. The lowest BCUT2D eigenvalue weighted by atomic mass is 10.0. The maximum absolute atomic E-state index is 12.6. The average Bonchev–Trinajstić information content (AvgIpc) is 3.09. The molecule has 0 bridgehead atoms. The van der Waals surface area contributed by atoms with E-state index in [0.717, 1.165) is 31.6 Å². The van der Waals surface area contributed by atoms with Gasteiger partial charge in [-0.1, -0.05) is 6.07 Å². The van der Waals surface area contributed by atoms with Gasteiger partial charge in [0.1, 0.15) is 12.7 Å². The molecule has 1 aromatic heterocycles. The van der Waals surface area contributed by atoms with Crippen LogP contribution in [-0.4, -0.2) is 51.8 Å². The van der Waals surface area contributed by atoms with Gasteiger partial charge in [0.2, 0.25) is 0 Å². The summed E-state index contributed by atoms with van der Waals surface area (Å²) in [5.74, 6) is 0.0805. The summed E-state index contributed by atoms with van der Waals surface area (Å²) in [6.07, 6.45) is 5.28. The van der Waals surface area contributed by atoms with Crippen molar-refractivity contribution < 1.29 is 4.79 Å². The smallest absolute Gasteiger partial charge is 0.253 e. The Labute approximate surface area is 123 Å². The van der Waals surface area contributed by atoms with Crippen LogP contribution in [0.4, 0.5) is 0 Å². The van der Waals surface area contributed by atoms with E-state index in [4.69, 9.17) is 0 Å². The summed E-state index contributed by atoms with van der Waals surface area (Å²) in [6, 6.07) is 7.90. The quantitative estimate of drug-likeness (QED) is 0.917. The average molecular weight is 285 g/mol. The number of carbonyl (C=O) groups excluding carboxylic acids is 1. The van der Waals surface area contributed by atoms with E-state index in [-0.39, 0.29) is 5.91 Å². The fourth-order valence-electron chi connectivity index (χ4n) is 2.70. The molecule has 110 valence electrons. The number of rotatable bonds is 3. The number of likely N-dealkylation sites (N-methyl/N-ethyl adjacent to an activating group) is 1. The molecule has 3 rings (SSSR count). The first kappa shape index (κ1) is 13.8. The molecule has 1 saturated heterocycles. The van der Waals surface area contributed by atoms with Crippen LogP contribution >= 0.6 is 0 Å². The summed E-state index contributed by atoms with van der Waals surface area (Å²) >= 11 is 0. The van der Waals surface area contributed by atoms with E-state index >= 15 is 0 Å². The zero-order valence-electron chi connectivity index (χ0n) is 12.1. The van der Waals surface area contributed by atoms with Crippen LogP contribution in [0.2, 0.25) is 0 Å². The largest absolute Gasteiger partial charge is 0.337 e. The lowest BCUT2D eigenvalue weighted by Gasteiger charge is -2.32. The van der Waals surface area contributed by atoms with Crippen molar-refractivity contribution in [1.29, 1.82) is 0 Å². The highest BCUT2D eigenvalue weighted by Gasteiger charge is 2.23. The Morgan fingerprint density at radius 2 is 2.33 bits per heavy atom. The molecular weight excluding hydrogens is 266 g/mol. The van der Waals surface area contributed by atoms with Crippen LogP contribution in [0.5, 0.6) is 0 Å². The van der Waals surface area contributed by atoms with Crippen LogP contribution in [0.1, 0.15) is 23.2 Å². The van der Waals surface area contributed by atoms with E-state index in [1.807, 2.05) is 36.2 Å². The number of hydrogen-bond acceptors (Lipinski definition) is 4. The monoisotopic (exact) mass is 285 g/mol. The van der Waals surface area contributed by atoms with Gasteiger partial charge >= 0.3 is 0 Å². The van der Waals surface area contributed by atoms with Crippen molar-refractivity contribution in [1.82, 2.24) is 25.0 Å². The molecule has 0 radical (unpaired) electrons. The van der Waals surface area contributed by atoms with Crippen molar-refractivity contribution in [2.24, 2.45) is 0 Å². The van der Waals surface area contributed by atoms with E-state index in [9.17, 15) is 4.79 Å². The fourth-order valence-corrected chi connectivity index (χ4v) is 2.70. The third kappa shape index (κ3) is 2.95. The molecule has 1 amide bonds. The Morgan fingerprint density at radius 3 is 3.10 bits per heavy atom. The number of piperidine rings is 1. The molecular formula is C15H19N5O. The normalized spacial score (nSPS) is 18.7. The molecule has 1 atom stereocenters. The zero-order valence-corrected chi connectivity index (χ0v) is 12.1. The van der Waals surface area contributed by atoms with Gasteiger partial charge in [0, 0.05) is 24.7 Å². The Balaban J connectivity index is 1.80. The van der Waals surface area contributed by atoms with E-state index in [2.05, 4.69) is 15.4 Å². The lowest BCUT2D eigenvalue weighted by Crippen LogP contribution is -2.46. The SMILES string of the molecule is CNC1CCCN(C(=O)c2cccc(-n3cncn3)c2)C1. The third-order valence-corrected chi connectivity index (χ3v) is 3.89. The van der Waals surface area contributed by atoms with Crippen molar-refractivity contribution >= 4 is 5.91 Å². The first-order chi connectivity index (χ1) is 10.3. The van der Waals surface area contributed by atoms with Crippen LogP contribution < -0.4 is 5.32 Å². The van der Waals surface area contributed by atoms with Crippen molar-refractivity contribution in [3.63, 3.8) is 0 Å².